The fraction of sp³-hybridized carbons (Fsp3) is 0.222. The zero-order valence-electron chi connectivity index (χ0n) is 13.3. The fourth-order valence-electron chi connectivity index (χ4n) is 2.65. The second-order valence-electron chi connectivity index (χ2n) is 5.97. The molecule has 0 unspecified atom stereocenters. The molecule has 0 spiro atoms. The normalized spacial score (nSPS) is 13.7. The zero-order chi connectivity index (χ0) is 16.5. The molecular formula is C18H17N5O. The Hall–Kier alpha value is -3.02. The molecule has 0 saturated heterocycles. The summed E-state index contributed by atoms with van der Waals surface area (Å²) < 4.78 is 1.90. The molecule has 1 saturated carbocycles. The van der Waals surface area contributed by atoms with Crippen LogP contribution in [0.3, 0.4) is 0 Å². The molecule has 3 heterocycles. The van der Waals surface area contributed by atoms with Gasteiger partial charge in [-0.25, -0.2) is 9.67 Å². The van der Waals surface area contributed by atoms with Gasteiger partial charge in [0, 0.05) is 17.8 Å². The summed E-state index contributed by atoms with van der Waals surface area (Å²) in [7, 11) is 0. The second-order valence-corrected chi connectivity index (χ2v) is 5.97. The molecule has 3 aromatic rings. The predicted molar refractivity (Wildman–Crippen MR) is 90.3 cm³/mol. The van der Waals surface area contributed by atoms with Crippen LogP contribution in [-0.4, -0.2) is 25.7 Å². The highest BCUT2D eigenvalue weighted by Gasteiger charge is 2.28. The first-order valence-electron chi connectivity index (χ1n) is 7.96. The Balaban J connectivity index is 1.54. The van der Waals surface area contributed by atoms with Crippen molar-refractivity contribution in [2.45, 2.75) is 25.7 Å². The van der Waals surface area contributed by atoms with Crippen LogP contribution in [0.4, 0.5) is 5.69 Å². The minimum absolute atomic E-state index is 0.251. The summed E-state index contributed by atoms with van der Waals surface area (Å²) in [6.45, 7) is 1.99. The van der Waals surface area contributed by atoms with E-state index in [9.17, 15) is 4.79 Å². The van der Waals surface area contributed by atoms with Crippen molar-refractivity contribution in [1.29, 1.82) is 0 Å². The molecule has 4 rings (SSSR count). The third-order valence-electron chi connectivity index (χ3n) is 3.97. The first-order valence-corrected chi connectivity index (χ1v) is 7.96. The summed E-state index contributed by atoms with van der Waals surface area (Å²) in [4.78, 5) is 20.6. The quantitative estimate of drug-likeness (QED) is 0.802. The summed E-state index contributed by atoms with van der Waals surface area (Å²) in [6.07, 6.45) is 5.66. The van der Waals surface area contributed by atoms with E-state index in [1.165, 1.54) is 18.5 Å². The maximum Gasteiger partial charge on any atom is 0.274 e. The Morgan fingerprint density at radius 1 is 1.21 bits per heavy atom. The maximum atomic E-state index is 12.1. The van der Waals surface area contributed by atoms with Crippen LogP contribution in [0.25, 0.3) is 5.82 Å². The second kappa shape index (κ2) is 5.88. The summed E-state index contributed by atoms with van der Waals surface area (Å²) in [6, 6.07) is 11.0. The minimum atomic E-state index is -0.251. The summed E-state index contributed by atoms with van der Waals surface area (Å²) in [5.41, 5.74) is 3.21. The largest absolute Gasteiger partial charge is 0.319 e. The van der Waals surface area contributed by atoms with E-state index in [4.69, 9.17) is 0 Å². The number of amides is 1. The van der Waals surface area contributed by atoms with Crippen LogP contribution in [0.5, 0.6) is 0 Å². The van der Waals surface area contributed by atoms with Crippen molar-refractivity contribution in [3.05, 3.63) is 65.9 Å². The Labute approximate surface area is 139 Å². The highest BCUT2D eigenvalue weighted by molar-refractivity contribution is 6.02. The van der Waals surface area contributed by atoms with Crippen molar-refractivity contribution in [3.8, 4) is 5.82 Å². The van der Waals surface area contributed by atoms with E-state index in [1.807, 2.05) is 23.7 Å². The Morgan fingerprint density at radius 2 is 2.08 bits per heavy atom. The van der Waals surface area contributed by atoms with Gasteiger partial charge in [-0.15, -0.1) is 0 Å². The van der Waals surface area contributed by atoms with Gasteiger partial charge in [0.15, 0.2) is 5.82 Å². The maximum absolute atomic E-state index is 12.1. The van der Waals surface area contributed by atoms with Gasteiger partial charge in [-0.2, -0.15) is 5.10 Å². The molecule has 1 amide bonds. The molecule has 1 fully saturated rings. The molecule has 1 aliphatic carbocycles. The summed E-state index contributed by atoms with van der Waals surface area (Å²) >= 11 is 0. The number of carbonyl (C=O) groups is 1. The monoisotopic (exact) mass is 319 g/mol. The molecule has 6 nitrogen and oxygen atoms in total. The number of anilines is 1. The molecule has 0 radical (unpaired) electrons. The number of pyridine rings is 2. The first kappa shape index (κ1) is 14.6. The molecule has 24 heavy (non-hydrogen) atoms. The number of aromatic nitrogens is 4. The average Bonchev–Trinajstić information content (AvgIpc) is 3.38. The standard InChI is InChI=1S/C18H17N5O/c1-12-10-16(13-5-6-13)23(22-12)17-8-7-14(11-20-17)21-18(24)15-4-2-3-9-19-15/h2-4,7-11,13H,5-6H2,1H3,(H,21,24). The number of aryl methyl sites for hydroxylation is 1. The number of nitrogens with zero attached hydrogens (tertiary/aromatic N) is 4. The van der Waals surface area contributed by atoms with E-state index in [2.05, 4.69) is 26.4 Å². The highest BCUT2D eigenvalue weighted by Crippen LogP contribution is 2.40. The van der Waals surface area contributed by atoms with Crippen molar-refractivity contribution < 1.29 is 4.79 Å². The smallest absolute Gasteiger partial charge is 0.274 e. The van der Waals surface area contributed by atoms with Gasteiger partial charge in [-0.1, -0.05) is 6.07 Å². The van der Waals surface area contributed by atoms with Crippen molar-refractivity contribution in [2.24, 2.45) is 0 Å². The highest BCUT2D eigenvalue weighted by atomic mass is 16.1. The molecule has 1 aliphatic rings. The van der Waals surface area contributed by atoms with Gasteiger partial charge in [0.25, 0.3) is 5.91 Å². The van der Waals surface area contributed by atoms with Gasteiger partial charge in [0.05, 0.1) is 17.6 Å². The number of hydrogen-bond acceptors (Lipinski definition) is 4. The van der Waals surface area contributed by atoms with Crippen molar-refractivity contribution in [2.75, 3.05) is 5.32 Å². The lowest BCUT2D eigenvalue weighted by Gasteiger charge is -2.08. The Kier molecular flexibility index (Phi) is 3.57. The van der Waals surface area contributed by atoms with Crippen LogP contribution < -0.4 is 5.32 Å². The van der Waals surface area contributed by atoms with E-state index in [0.29, 0.717) is 17.3 Å². The van der Waals surface area contributed by atoms with Crippen LogP contribution in [0.2, 0.25) is 0 Å². The molecule has 0 bridgehead atoms. The Bertz CT molecular complexity index is 866. The van der Waals surface area contributed by atoms with Gasteiger partial charge >= 0.3 is 0 Å². The molecule has 3 aromatic heterocycles. The number of nitrogens with one attached hydrogen (secondary N) is 1. The molecule has 0 atom stereocenters. The first-order chi connectivity index (χ1) is 11.7. The van der Waals surface area contributed by atoms with E-state index < -0.39 is 0 Å². The lowest BCUT2D eigenvalue weighted by molar-refractivity contribution is 0.102. The third kappa shape index (κ3) is 2.90. The number of rotatable bonds is 4. The van der Waals surface area contributed by atoms with Crippen LogP contribution in [0, 0.1) is 6.92 Å². The molecule has 1 N–H and O–H groups in total. The summed E-state index contributed by atoms with van der Waals surface area (Å²) in [5.74, 6) is 1.11. The molecule has 0 aliphatic heterocycles. The van der Waals surface area contributed by atoms with E-state index in [1.54, 1.807) is 30.6 Å². The average molecular weight is 319 g/mol. The Morgan fingerprint density at radius 3 is 2.75 bits per heavy atom. The van der Waals surface area contributed by atoms with Crippen LogP contribution in [-0.2, 0) is 0 Å². The van der Waals surface area contributed by atoms with Gasteiger partial charge in [-0.05, 0) is 50.1 Å². The van der Waals surface area contributed by atoms with Gasteiger partial charge in [0.1, 0.15) is 5.69 Å². The fourth-order valence-corrected chi connectivity index (χ4v) is 2.65. The predicted octanol–water partition coefficient (Wildman–Crippen LogP) is 3.10. The van der Waals surface area contributed by atoms with Crippen molar-refractivity contribution in [1.82, 2.24) is 19.7 Å². The van der Waals surface area contributed by atoms with E-state index >= 15 is 0 Å². The van der Waals surface area contributed by atoms with Crippen molar-refractivity contribution >= 4 is 11.6 Å². The SMILES string of the molecule is Cc1cc(C2CC2)n(-c2ccc(NC(=O)c3ccccn3)cn2)n1. The van der Waals surface area contributed by atoms with Gasteiger partial charge in [-0.3, -0.25) is 9.78 Å². The minimum Gasteiger partial charge on any atom is -0.319 e. The molecular weight excluding hydrogens is 302 g/mol. The van der Waals surface area contributed by atoms with E-state index in [-0.39, 0.29) is 5.91 Å². The van der Waals surface area contributed by atoms with Gasteiger partial charge < -0.3 is 5.32 Å². The van der Waals surface area contributed by atoms with Crippen LogP contribution in [0.1, 0.15) is 40.6 Å². The lowest BCUT2D eigenvalue weighted by Crippen LogP contribution is -2.13. The van der Waals surface area contributed by atoms with Gasteiger partial charge in [0.2, 0.25) is 0 Å². The third-order valence-corrected chi connectivity index (χ3v) is 3.97. The van der Waals surface area contributed by atoms with Crippen LogP contribution >= 0.6 is 0 Å². The molecule has 120 valence electrons. The lowest BCUT2D eigenvalue weighted by atomic mass is 10.2. The van der Waals surface area contributed by atoms with Crippen molar-refractivity contribution in [3.63, 3.8) is 0 Å². The van der Waals surface area contributed by atoms with E-state index in [0.717, 1.165) is 11.5 Å². The number of hydrogen-bond donors (Lipinski definition) is 1. The number of carbonyl (C=O) groups excluding carboxylic acids is 1. The zero-order valence-corrected chi connectivity index (χ0v) is 13.3. The van der Waals surface area contributed by atoms with Crippen LogP contribution in [0.15, 0.2) is 48.8 Å². The molecule has 0 aromatic carbocycles. The summed E-state index contributed by atoms with van der Waals surface area (Å²) in [5, 5.41) is 7.34. The molecule has 6 heteroatoms. The topological polar surface area (TPSA) is 72.7 Å².